The molecule has 2 aromatic heterocycles. The molecule has 1 N–H and O–H groups in total. The summed E-state index contributed by atoms with van der Waals surface area (Å²) in [5, 5.41) is 7.56. The van der Waals surface area contributed by atoms with Gasteiger partial charge in [-0.05, 0) is 25.8 Å². The second kappa shape index (κ2) is 6.23. The Bertz CT molecular complexity index is 458. The van der Waals surface area contributed by atoms with Crippen LogP contribution in [0, 0.1) is 6.92 Å². The van der Waals surface area contributed by atoms with E-state index in [0.29, 0.717) is 0 Å². The van der Waals surface area contributed by atoms with Crippen molar-refractivity contribution in [1.82, 2.24) is 19.3 Å². The zero-order chi connectivity index (χ0) is 12.8. The normalized spacial score (nSPS) is 10.8. The molecular formula is C13H21N5. The van der Waals surface area contributed by atoms with Gasteiger partial charge < -0.3 is 9.88 Å². The maximum Gasteiger partial charge on any atom is 0.203 e. The Labute approximate surface area is 108 Å². The molecule has 0 saturated heterocycles. The highest BCUT2D eigenvalue weighted by atomic mass is 15.3. The SMILES string of the molecule is CCCNc1nc(C)cn1CCCn1cccn1. The number of hydrogen-bond donors (Lipinski definition) is 1. The van der Waals surface area contributed by atoms with Gasteiger partial charge in [0.15, 0.2) is 0 Å². The second-order valence-electron chi connectivity index (χ2n) is 4.45. The molecule has 5 heteroatoms. The van der Waals surface area contributed by atoms with Gasteiger partial charge in [-0.15, -0.1) is 0 Å². The summed E-state index contributed by atoms with van der Waals surface area (Å²) >= 11 is 0. The molecule has 0 saturated carbocycles. The van der Waals surface area contributed by atoms with Gasteiger partial charge in [0.2, 0.25) is 5.95 Å². The van der Waals surface area contributed by atoms with Gasteiger partial charge in [-0.2, -0.15) is 5.10 Å². The Hall–Kier alpha value is -1.78. The lowest BCUT2D eigenvalue weighted by atomic mass is 10.4. The highest BCUT2D eigenvalue weighted by Gasteiger charge is 2.04. The van der Waals surface area contributed by atoms with Gasteiger partial charge in [0.1, 0.15) is 0 Å². The number of hydrogen-bond acceptors (Lipinski definition) is 3. The molecule has 0 aromatic carbocycles. The van der Waals surface area contributed by atoms with Gasteiger partial charge in [-0.3, -0.25) is 4.68 Å². The topological polar surface area (TPSA) is 47.7 Å². The second-order valence-corrected chi connectivity index (χ2v) is 4.45. The number of rotatable bonds is 7. The van der Waals surface area contributed by atoms with Crippen molar-refractivity contribution in [2.75, 3.05) is 11.9 Å². The Morgan fingerprint density at radius 3 is 2.94 bits per heavy atom. The molecule has 2 aromatic rings. The molecule has 0 radical (unpaired) electrons. The fourth-order valence-electron chi connectivity index (χ4n) is 1.93. The maximum atomic E-state index is 4.49. The molecular weight excluding hydrogens is 226 g/mol. The standard InChI is InChI=1S/C13H21N5/c1-3-6-14-13-16-12(2)11-17(13)8-5-10-18-9-4-7-15-18/h4,7,9,11H,3,5-6,8,10H2,1-2H3,(H,14,16). The van der Waals surface area contributed by atoms with Crippen molar-refractivity contribution in [2.45, 2.75) is 39.8 Å². The molecule has 2 heterocycles. The van der Waals surface area contributed by atoms with E-state index in [1.165, 1.54) is 0 Å². The van der Waals surface area contributed by atoms with Crippen molar-refractivity contribution >= 4 is 5.95 Å². The number of aromatic nitrogens is 4. The van der Waals surface area contributed by atoms with Crippen molar-refractivity contribution in [3.63, 3.8) is 0 Å². The summed E-state index contributed by atoms with van der Waals surface area (Å²) in [6.45, 7) is 7.06. The third-order valence-electron chi connectivity index (χ3n) is 2.78. The molecule has 0 spiro atoms. The Morgan fingerprint density at radius 2 is 2.22 bits per heavy atom. The van der Waals surface area contributed by atoms with E-state index < -0.39 is 0 Å². The van der Waals surface area contributed by atoms with Crippen LogP contribution in [0.3, 0.4) is 0 Å². The fraction of sp³-hybridized carbons (Fsp3) is 0.538. The quantitative estimate of drug-likeness (QED) is 0.816. The molecule has 0 aliphatic carbocycles. The van der Waals surface area contributed by atoms with Crippen molar-refractivity contribution in [1.29, 1.82) is 0 Å². The molecule has 0 atom stereocenters. The van der Waals surface area contributed by atoms with E-state index in [1.54, 1.807) is 0 Å². The van der Waals surface area contributed by atoms with E-state index >= 15 is 0 Å². The van der Waals surface area contributed by atoms with Crippen LogP contribution < -0.4 is 5.32 Å². The zero-order valence-electron chi connectivity index (χ0n) is 11.1. The molecule has 5 nitrogen and oxygen atoms in total. The fourth-order valence-corrected chi connectivity index (χ4v) is 1.93. The third-order valence-corrected chi connectivity index (χ3v) is 2.78. The monoisotopic (exact) mass is 247 g/mol. The Morgan fingerprint density at radius 1 is 1.33 bits per heavy atom. The van der Waals surface area contributed by atoms with Gasteiger partial charge in [0.25, 0.3) is 0 Å². The van der Waals surface area contributed by atoms with Crippen LogP contribution in [0.1, 0.15) is 25.5 Å². The summed E-state index contributed by atoms with van der Waals surface area (Å²) in [5.41, 5.74) is 1.06. The lowest BCUT2D eigenvalue weighted by Gasteiger charge is -2.09. The molecule has 0 aliphatic rings. The summed E-state index contributed by atoms with van der Waals surface area (Å²) in [6, 6.07) is 1.95. The minimum absolute atomic E-state index is 0.942. The predicted molar refractivity (Wildman–Crippen MR) is 72.6 cm³/mol. The van der Waals surface area contributed by atoms with Crippen LogP contribution in [0.25, 0.3) is 0 Å². The summed E-state index contributed by atoms with van der Waals surface area (Å²) in [4.78, 5) is 4.49. The van der Waals surface area contributed by atoms with Gasteiger partial charge in [0.05, 0.1) is 5.69 Å². The van der Waals surface area contributed by atoms with Gasteiger partial charge in [0, 0.05) is 38.2 Å². The van der Waals surface area contributed by atoms with E-state index in [9.17, 15) is 0 Å². The van der Waals surface area contributed by atoms with Crippen molar-refractivity contribution in [3.05, 3.63) is 30.4 Å². The summed E-state index contributed by atoms with van der Waals surface area (Å²) in [6.07, 6.45) is 8.07. The van der Waals surface area contributed by atoms with E-state index in [-0.39, 0.29) is 0 Å². The first-order chi connectivity index (χ1) is 8.79. The number of aryl methyl sites for hydroxylation is 3. The van der Waals surface area contributed by atoms with Crippen molar-refractivity contribution < 1.29 is 0 Å². The van der Waals surface area contributed by atoms with Crippen molar-refractivity contribution in [3.8, 4) is 0 Å². The third kappa shape index (κ3) is 3.35. The maximum absolute atomic E-state index is 4.49. The smallest absolute Gasteiger partial charge is 0.203 e. The highest BCUT2D eigenvalue weighted by Crippen LogP contribution is 2.09. The molecule has 0 unspecified atom stereocenters. The van der Waals surface area contributed by atoms with Crippen LogP contribution in [0.15, 0.2) is 24.7 Å². The first kappa shape index (κ1) is 12.7. The van der Waals surface area contributed by atoms with Crippen LogP contribution in [0.5, 0.6) is 0 Å². The van der Waals surface area contributed by atoms with E-state index in [0.717, 1.165) is 44.1 Å². The van der Waals surface area contributed by atoms with Crippen LogP contribution >= 0.6 is 0 Å². The van der Waals surface area contributed by atoms with Gasteiger partial charge in [-0.25, -0.2) is 4.98 Å². The average Bonchev–Trinajstić information content (AvgIpc) is 2.97. The van der Waals surface area contributed by atoms with Gasteiger partial charge in [-0.1, -0.05) is 6.92 Å². The zero-order valence-corrected chi connectivity index (χ0v) is 11.1. The molecule has 0 amide bonds. The number of imidazole rings is 1. The first-order valence-corrected chi connectivity index (χ1v) is 6.54. The lowest BCUT2D eigenvalue weighted by Crippen LogP contribution is -2.09. The van der Waals surface area contributed by atoms with Crippen LogP contribution in [0.4, 0.5) is 5.95 Å². The van der Waals surface area contributed by atoms with E-state index in [1.807, 2.05) is 30.1 Å². The molecule has 18 heavy (non-hydrogen) atoms. The van der Waals surface area contributed by atoms with Gasteiger partial charge >= 0.3 is 0 Å². The van der Waals surface area contributed by atoms with Crippen LogP contribution in [0.2, 0.25) is 0 Å². The molecule has 2 rings (SSSR count). The number of nitrogens with zero attached hydrogens (tertiary/aromatic N) is 4. The van der Waals surface area contributed by atoms with E-state index in [2.05, 4.69) is 33.1 Å². The summed E-state index contributed by atoms with van der Waals surface area (Å²) in [7, 11) is 0. The Kier molecular flexibility index (Phi) is 4.39. The largest absolute Gasteiger partial charge is 0.356 e. The van der Waals surface area contributed by atoms with E-state index in [4.69, 9.17) is 0 Å². The summed E-state index contributed by atoms with van der Waals surface area (Å²) in [5.74, 6) is 0.981. The molecule has 0 fully saturated rings. The summed E-state index contributed by atoms with van der Waals surface area (Å²) < 4.78 is 4.15. The average molecular weight is 247 g/mol. The predicted octanol–water partition coefficient (Wildman–Crippen LogP) is 2.30. The van der Waals surface area contributed by atoms with Crippen molar-refractivity contribution in [2.24, 2.45) is 0 Å². The minimum Gasteiger partial charge on any atom is -0.356 e. The highest BCUT2D eigenvalue weighted by molar-refractivity contribution is 5.28. The number of nitrogens with one attached hydrogen (secondary N) is 1. The number of anilines is 1. The molecule has 98 valence electrons. The molecule has 0 bridgehead atoms. The van der Waals surface area contributed by atoms with Crippen LogP contribution in [-0.4, -0.2) is 25.9 Å². The Balaban J connectivity index is 1.87. The lowest BCUT2D eigenvalue weighted by molar-refractivity contribution is 0.528. The van der Waals surface area contributed by atoms with Crippen LogP contribution in [-0.2, 0) is 13.1 Å². The first-order valence-electron chi connectivity index (χ1n) is 6.54. The molecule has 0 aliphatic heterocycles. The minimum atomic E-state index is 0.942.